The van der Waals surface area contributed by atoms with Crippen LogP contribution in [0.4, 0.5) is 16.2 Å². The van der Waals surface area contributed by atoms with Crippen molar-refractivity contribution >= 4 is 39.0 Å². The van der Waals surface area contributed by atoms with Gasteiger partial charge in [0.1, 0.15) is 0 Å². The fourth-order valence-corrected chi connectivity index (χ4v) is 3.30. The molecule has 0 atom stereocenters. The second-order valence-corrected chi connectivity index (χ2v) is 7.54. The topological polar surface area (TPSA) is 87.3 Å². The van der Waals surface area contributed by atoms with E-state index in [2.05, 4.69) is 15.4 Å². The van der Waals surface area contributed by atoms with Crippen molar-refractivity contribution in [3.63, 3.8) is 0 Å². The number of carbonyl (C=O) groups excluding carboxylic acids is 1. The largest absolute Gasteiger partial charge is 0.323 e. The molecule has 0 aromatic heterocycles. The number of carbonyl (C=O) groups is 1. The van der Waals surface area contributed by atoms with Crippen LogP contribution in [0.2, 0.25) is 5.02 Å². The number of hydrogen-bond acceptors (Lipinski definition) is 3. The molecular weight excluding hydrogens is 350 g/mol. The second kappa shape index (κ2) is 7.65. The lowest BCUT2D eigenvalue weighted by molar-refractivity contribution is 0.262. The molecule has 2 rings (SSSR count). The van der Waals surface area contributed by atoms with Crippen LogP contribution in [0.3, 0.4) is 0 Å². The zero-order valence-corrected chi connectivity index (χ0v) is 14.8. The highest BCUT2D eigenvalue weighted by molar-refractivity contribution is 7.89. The summed E-state index contributed by atoms with van der Waals surface area (Å²) in [6.45, 7) is 3.49. The first kappa shape index (κ1) is 18.3. The van der Waals surface area contributed by atoms with E-state index in [1.54, 1.807) is 38.1 Å². The van der Waals surface area contributed by atoms with E-state index in [9.17, 15) is 13.2 Å². The Hall–Kier alpha value is -2.09. The minimum absolute atomic E-state index is 0.139. The first-order chi connectivity index (χ1) is 11.3. The molecule has 8 heteroatoms. The van der Waals surface area contributed by atoms with Crippen LogP contribution in [0.25, 0.3) is 0 Å². The number of sulfonamides is 1. The third kappa shape index (κ3) is 5.23. The van der Waals surface area contributed by atoms with E-state index in [0.29, 0.717) is 16.4 Å². The molecule has 2 aromatic carbocycles. The molecule has 2 amide bonds. The molecule has 0 aliphatic rings. The van der Waals surface area contributed by atoms with Crippen molar-refractivity contribution in [2.45, 2.75) is 24.8 Å². The number of halogens is 1. The molecule has 0 bridgehead atoms. The van der Waals surface area contributed by atoms with Gasteiger partial charge in [-0.25, -0.2) is 17.9 Å². The van der Waals surface area contributed by atoms with Crippen LogP contribution in [-0.4, -0.2) is 20.5 Å². The van der Waals surface area contributed by atoms with Crippen molar-refractivity contribution < 1.29 is 13.2 Å². The molecule has 2 aromatic rings. The highest BCUT2D eigenvalue weighted by atomic mass is 35.5. The Labute approximate surface area is 146 Å². The highest BCUT2D eigenvalue weighted by Crippen LogP contribution is 2.16. The van der Waals surface area contributed by atoms with Gasteiger partial charge in [-0.15, -0.1) is 0 Å². The van der Waals surface area contributed by atoms with Crippen LogP contribution in [0, 0.1) is 0 Å². The maximum Gasteiger partial charge on any atom is 0.323 e. The molecule has 0 spiro atoms. The van der Waals surface area contributed by atoms with Crippen LogP contribution < -0.4 is 15.4 Å². The van der Waals surface area contributed by atoms with E-state index in [4.69, 9.17) is 11.6 Å². The standard InChI is InChI=1S/C16H18ClN3O3S/c1-11(2)20-24(22,23)15-9-7-14(8-10-15)19-16(21)18-13-5-3-12(17)4-6-13/h3-11,20H,1-2H3,(H2,18,19,21). The Morgan fingerprint density at radius 3 is 1.83 bits per heavy atom. The van der Waals surface area contributed by atoms with Gasteiger partial charge in [0.05, 0.1) is 4.90 Å². The van der Waals surface area contributed by atoms with Gasteiger partial charge >= 0.3 is 6.03 Å². The average Bonchev–Trinajstić information content (AvgIpc) is 2.49. The molecule has 0 saturated heterocycles. The van der Waals surface area contributed by atoms with E-state index >= 15 is 0 Å². The van der Waals surface area contributed by atoms with Gasteiger partial charge < -0.3 is 10.6 Å². The van der Waals surface area contributed by atoms with Gasteiger partial charge in [-0.3, -0.25) is 0 Å². The van der Waals surface area contributed by atoms with Crippen LogP contribution in [-0.2, 0) is 10.0 Å². The van der Waals surface area contributed by atoms with Gasteiger partial charge in [0.25, 0.3) is 0 Å². The van der Waals surface area contributed by atoms with Crippen molar-refractivity contribution in [3.05, 3.63) is 53.6 Å². The number of urea groups is 1. The summed E-state index contributed by atoms with van der Waals surface area (Å²) in [6.07, 6.45) is 0. The smallest absolute Gasteiger partial charge is 0.308 e. The van der Waals surface area contributed by atoms with Gasteiger partial charge in [-0.1, -0.05) is 11.6 Å². The van der Waals surface area contributed by atoms with Crippen LogP contribution in [0.1, 0.15) is 13.8 Å². The highest BCUT2D eigenvalue weighted by Gasteiger charge is 2.15. The Kier molecular flexibility index (Phi) is 5.82. The zero-order valence-electron chi connectivity index (χ0n) is 13.2. The van der Waals surface area contributed by atoms with Crippen LogP contribution in [0.5, 0.6) is 0 Å². The third-order valence-electron chi connectivity index (χ3n) is 2.92. The third-order valence-corrected chi connectivity index (χ3v) is 4.84. The average molecular weight is 368 g/mol. The van der Waals surface area contributed by atoms with Gasteiger partial charge in [-0.05, 0) is 62.4 Å². The van der Waals surface area contributed by atoms with Crippen molar-refractivity contribution in [1.29, 1.82) is 0 Å². The minimum atomic E-state index is -3.55. The molecular formula is C16H18ClN3O3S. The molecule has 0 heterocycles. The van der Waals surface area contributed by atoms with E-state index in [1.807, 2.05) is 0 Å². The van der Waals surface area contributed by atoms with Crippen molar-refractivity contribution in [2.75, 3.05) is 10.6 Å². The fraction of sp³-hybridized carbons (Fsp3) is 0.188. The number of anilines is 2. The Morgan fingerprint density at radius 2 is 1.38 bits per heavy atom. The summed E-state index contributed by atoms with van der Waals surface area (Å²) in [5, 5.41) is 5.85. The van der Waals surface area contributed by atoms with Crippen molar-refractivity contribution in [2.24, 2.45) is 0 Å². The molecule has 128 valence electrons. The number of rotatable bonds is 5. The minimum Gasteiger partial charge on any atom is -0.308 e. The molecule has 3 N–H and O–H groups in total. The van der Waals surface area contributed by atoms with Gasteiger partial charge in [0.2, 0.25) is 10.0 Å². The molecule has 0 aliphatic heterocycles. The van der Waals surface area contributed by atoms with E-state index in [-0.39, 0.29) is 10.9 Å². The predicted octanol–water partition coefficient (Wildman–Crippen LogP) is 3.67. The summed E-state index contributed by atoms with van der Waals surface area (Å²) in [4.78, 5) is 12.0. The number of benzene rings is 2. The van der Waals surface area contributed by atoms with E-state index < -0.39 is 16.1 Å². The fourth-order valence-electron chi connectivity index (χ4n) is 1.92. The lowest BCUT2D eigenvalue weighted by atomic mass is 10.3. The molecule has 0 fully saturated rings. The summed E-state index contributed by atoms with van der Waals surface area (Å²) in [5.41, 5.74) is 1.07. The van der Waals surface area contributed by atoms with Gasteiger partial charge in [0.15, 0.2) is 0 Å². The SMILES string of the molecule is CC(C)NS(=O)(=O)c1ccc(NC(=O)Nc2ccc(Cl)cc2)cc1. The first-order valence-corrected chi connectivity index (χ1v) is 9.08. The van der Waals surface area contributed by atoms with E-state index in [1.165, 1.54) is 24.3 Å². The molecule has 24 heavy (non-hydrogen) atoms. The van der Waals surface area contributed by atoms with Crippen LogP contribution >= 0.6 is 11.6 Å². The van der Waals surface area contributed by atoms with Gasteiger partial charge in [-0.2, -0.15) is 0 Å². The quantitative estimate of drug-likeness (QED) is 0.753. The number of nitrogens with one attached hydrogen (secondary N) is 3. The Bertz CT molecular complexity index is 803. The molecule has 0 aliphatic carbocycles. The maximum absolute atomic E-state index is 12.0. The van der Waals surface area contributed by atoms with Crippen LogP contribution in [0.15, 0.2) is 53.4 Å². The monoisotopic (exact) mass is 367 g/mol. The molecule has 0 saturated carbocycles. The number of hydrogen-bond donors (Lipinski definition) is 3. The summed E-state index contributed by atoms with van der Waals surface area (Å²) in [7, 11) is -3.55. The molecule has 6 nitrogen and oxygen atoms in total. The predicted molar refractivity (Wildman–Crippen MR) is 96.0 cm³/mol. The lowest BCUT2D eigenvalue weighted by Crippen LogP contribution is -2.30. The summed E-state index contributed by atoms with van der Waals surface area (Å²) in [6, 6.07) is 12.0. The molecule has 0 unspecified atom stereocenters. The van der Waals surface area contributed by atoms with E-state index in [0.717, 1.165) is 0 Å². The molecule has 0 radical (unpaired) electrons. The first-order valence-electron chi connectivity index (χ1n) is 7.22. The summed E-state index contributed by atoms with van der Waals surface area (Å²) >= 11 is 5.78. The summed E-state index contributed by atoms with van der Waals surface area (Å²) in [5.74, 6) is 0. The van der Waals surface area contributed by atoms with Crippen molar-refractivity contribution in [3.8, 4) is 0 Å². The Morgan fingerprint density at radius 1 is 0.917 bits per heavy atom. The normalized spacial score (nSPS) is 11.3. The Balaban J connectivity index is 2.01. The second-order valence-electron chi connectivity index (χ2n) is 5.39. The zero-order chi connectivity index (χ0) is 17.7. The maximum atomic E-state index is 12.0. The lowest BCUT2D eigenvalue weighted by Gasteiger charge is -2.11. The number of amides is 2. The summed E-state index contributed by atoms with van der Waals surface area (Å²) < 4.78 is 26.5. The van der Waals surface area contributed by atoms with Gasteiger partial charge in [0, 0.05) is 22.4 Å². The van der Waals surface area contributed by atoms with Crippen molar-refractivity contribution in [1.82, 2.24) is 4.72 Å².